The molecule has 0 aromatic heterocycles. The molecule has 2 nitrogen and oxygen atoms in total. The number of aliphatic hydroxyl groups excluding tert-OH is 1. The van der Waals surface area contributed by atoms with Gasteiger partial charge in [-0.2, -0.15) is 0 Å². The fourth-order valence-corrected chi connectivity index (χ4v) is 1.31. The molecular weight excluding hydrogens is 195 g/mol. The molecule has 1 aromatic rings. The van der Waals surface area contributed by atoms with Gasteiger partial charge in [0.05, 0.1) is 13.2 Å². The Morgan fingerprint density at radius 1 is 1.40 bits per heavy atom. The molecule has 0 bridgehead atoms. The lowest BCUT2D eigenvalue weighted by Gasteiger charge is -2.14. The third-order valence-electron chi connectivity index (χ3n) is 2.43. The first-order chi connectivity index (χ1) is 7.04. The highest BCUT2D eigenvalue weighted by Gasteiger charge is 2.11. The van der Waals surface area contributed by atoms with Crippen molar-refractivity contribution in [2.75, 3.05) is 7.11 Å². The van der Waals surface area contributed by atoms with Gasteiger partial charge in [0.15, 0.2) is 11.6 Å². The van der Waals surface area contributed by atoms with Crippen molar-refractivity contribution in [3.8, 4) is 5.75 Å². The molecular formula is C12H17FO2. The molecule has 0 radical (unpaired) electrons. The van der Waals surface area contributed by atoms with Crippen molar-refractivity contribution in [1.29, 1.82) is 0 Å². The van der Waals surface area contributed by atoms with Gasteiger partial charge in [0.25, 0.3) is 0 Å². The largest absolute Gasteiger partial charge is 0.494 e. The highest BCUT2D eigenvalue weighted by atomic mass is 19.1. The van der Waals surface area contributed by atoms with Crippen LogP contribution in [0.2, 0.25) is 0 Å². The van der Waals surface area contributed by atoms with Gasteiger partial charge in [-0.25, -0.2) is 4.39 Å². The zero-order valence-corrected chi connectivity index (χ0v) is 9.33. The zero-order chi connectivity index (χ0) is 11.4. The summed E-state index contributed by atoms with van der Waals surface area (Å²) in [5.74, 6) is 0.0268. The van der Waals surface area contributed by atoms with Crippen molar-refractivity contribution in [2.24, 2.45) is 5.92 Å². The molecule has 0 saturated heterocycles. The van der Waals surface area contributed by atoms with Crippen molar-refractivity contribution in [3.05, 3.63) is 29.6 Å². The fraction of sp³-hybridized carbons (Fsp3) is 0.500. The molecule has 0 heterocycles. The van der Waals surface area contributed by atoms with Crippen molar-refractivity contribution in [2.45, 2.75) is 26.4 Å². The van der Waals surface area contributed by atoms with E-state index in [-0.39, 0.29) is 17.5 Å². The van der Waals surface area contributed by atoms with Crippen LogP contribution in [0.4, 0.5) is 4.39 Å². The summed E-state index contributed by atoms with van der Waals surface area (Å²) in [5, 5.41) is 9.64. The smallest absolute Gasteiger partial charge is 0.165 e. The van der Waals surface area contributed by atoms with Crippen LogP contribution >= 0.6 is 0 Å². The molecule has 1 aromatic carbocycles. The summed E-state index contributed by atoms with van der Waals surface area (Å²) >= 11 is 0. The van der Waals surface area contributed by atoms with Gasteiger partial charge >= 0.3 is 0 Å². The van der Waals surface area contributed by atoms with Gasteiger partial charge in [0.1, 0.15) is 0 Å². The summed E-state index contributed by atoms with van der Waals surface area (Å²) in [4.78, 5) is 0. The molecule has 1 N–H and O–H groups in total. The Kier molecular flexibility index (Phi) is 4.09. The number of rotatable bonds is 4. The number of hydrogen-bond acceptors (Lipinski definition) is 2. The number of halogens is 1. The number of hydrogen-bond donors (Lipinski definition) is 1. The van der Waals surface area contributed by atoms with Crippen LogP contribution in [0, 0.1) is 11.7 Å². The van der Waals surface area contributed by atoms with Crippen molar-refractivity contribution in [3.63, 3.8) is 0 Å². The third kappa shape index (κ3) is 3.20. The van der Waals surface area contributed by atoms with Gasteiger partial charge in [0, 0.05) is 0 Å². The molecule has 1 rings (SSSR count). The van der Waals surface area contributed by atoms with Crippen LogP contribution in [-0.4, -0.2) is 18.3 Å². The van der Waals surface area contributed by atoms with Crippen LogP contribution in [0.15, 0.2) is 18.2 Å². The van der Waals surface area contributed by atoms with E-state index in [0.29, 0.717) is 6.42 Å². The van der Waals surface area contributed by atoms with Crippen LogP contribution in [0.5, 0.6) is 5.75 Å². The van der Waals surface area contributed by atoms with E-state index in [1.54, 1.807) is 12.1 Å². The molecule has 0 amide bonds. The quantitative estimate of drug-likeness (QED) is 0.830. The minimum absolute atomic E-state index is 0.176. The van der Waals surface area contributed by atoms with Crippen molar-refractivity contribution < 1.29 is 14.2 Å². The predicted octanol–water partition coefficient (Wildman–Crippen LogP) is 2.39. The number of benzene rings is 1. The molecule has 0 aliphatic heterocycles. The third-order valence-corrected chi connectivity index (χ3v) is 2.43. The number of methoxy groups -OCH3 is 1. The average Bonchev–Trinajstić information content (AvgIpc) is 2.18. The Morgan fingerprint density at radius 3 is 2.53 bits per heavy atom. The van der Waals surface area contributed by atoms with E-state index in [4.69, 9.17) is 4.74 Å². The molecule has 1 unspecified atom stereocenters. The second-order valence-corrected chi connectivity index (χ2v) is 3.98. The Labute approximate surface area is 89.7 Å². The maximum atomic E-state index is 13.3. The molecule has 1 atom stereocenters. The van der Waals surface area contributed by atoms with Gasteiger partial charge in [-0.3, -0.25) is 0 Å². The maximum Gasteiger partial charge on any atom is 0.165 e. The maximum absolute atomic E-state index is 13.3. The van der Waals surface area contributed by atoms with Crippen molar-refractivity contribution in [1.82, 2.24) is 0 Å². The van der Waals surface area contributed by atoms with Crippen LogP contribution in [-0.2, 0) is 6.42 Å². The lowest BCUT2D eigenvalue weighted by Crippen LogP contribution is -2.17. The molecule has 0 aliphatic carbocycles. The predicted molar refractivity (Wildman–Crippen MR) is 57.5 cm³/mol. The molecule has 0 fully saturated rings. The highest BCUT2D eigenvalue weighted by molar-refractivity contribution is 5.29. The average molecular weight is 212 g/mol. The van der Waals surface area contributed by atoms with Gasteiger partial charge in [-0.1, -0.05) is 19.9 Å². The summed E-state index contributed by atoms with van der Waals surface area (Å²) in [6, 6.07) is 4.76. The first-order valence-electron chi connectivity index (χ1n) is 5.05. The molecule has 0 saturated carbocycles. The van der Waals surface area contributed by atoms with Crippen LogP contribution in [0.3, 0.4) is 0 Å². The summed E-state index contributed by atoms with van der Waals surface area (Å²) in [7, 11) is 1.43. The topological polar surface area (TPSA) is 29.5 Å². The van der Waals surface area contributed by atoms with E-state index in [1.165, 1.54) is 13.2 Å². The minimum atomic E-state index is -0.433. The summed E-state index contributed by atoms with van der Waals surface area (Å²) in [5.41, 5.74) is 0.787. The van der Waals surface area contributed by atoms with E-state index < -0.39 is 6.10 Å². The lowest BCUT2D eigenvalue weighted by atomic mass is 9.99. The Balaban J connectivity index is 2.75. The molecule has 0 aliphatic rings. The second-order valence-electron chi connectivity index (χ2n) is 3.98. The van der Waals surface area contributed by atoms with Gasteiger partial charge in [-0.15, -0.1) is 0 Å². The Morgan fingerprint density at radius 2 is 2.07 bits per heavy atom. The monoisotopic (exact) mass is 212 g/mol. The number of aliphatic hydroxyl groups is 1. The first-order valence-corrected chi connectivity index (χ1v) is 5.05. The van der Waals surface area contributed by atoms with E-state index in [1.807, 2.05) is 13.8 Å². The van der Waals surface area contributed by atoms with Gasteiger partial charge < -0.3 is 9.84 Å². The normalized spacial score (nSPS) is 12.9. The Bertz CT molecular complexity index is 323. The van der Waals surface area contributed by atoms with Crippen LogP contribution in [0.25, 0.3) is 0 Å². The lowest BCUT2D eigenvalue weighted by molar-refractivity contribution is 0.125. The summed E-state index contributed by atoms with van der Waals surface area (Å²) in [6.45, 7) is 3.87. The van der Waals surface area contributed by atoms with E-state index in [9.17, 15) is 9.50 Å². The molecule has 84 valence electrons. The zero-order valence-electron chi connectivity index (χ0n) is 9.33. The molecule has 3 heteroatoms. The summed E-state index contributed by atoms with van der Waals surface area (Å²) in [6.07, 6.45) is 0.0382. The van der Waals surface area contributed by atoms with E-state index in [0.717, 1.165) is 5.56 Å². The summed E-state index contributed by atoms with van der Waals surface area (Å²) < 4.78 is 18.1. The standard InChI is InChI=1S/C12H17FO2/c1-8(2)11(14)7-9-4-5-12(15-3)10(13)6-9/h4-6,8,11,14H,7H2,1-3H3. The minimum Gasteiger partial charge on any atom is -0.494 e. The Hall–Kier alpha value is -1.09. The highest BCUT2D eigenvalue weighted by Crippen LogP contribution is 2.19. The van der Waals surface area contributed by atoms with Crippen LogP contribution in [0.1, 0.15) is 19.4 Å². The van der Waals surface area contributed by atoms with Gasteiger partial charge in [0.2, 0.25) is 0 Å². The van der Waals surface area contributed by atoms with E-state index in [2.05, 4.69) is 0 Å². The van der Waals surface area contributed by atoms with Crippen LogP contribution < -0.4 is 4.74 Å². The number of ether oxygens (including phenoxy) is 1. The SMILES string of the molecule is COc1ccc(CC(O)C(C)C)cc1F. The van der Waals surface area contributed by atoms with Crippen molar-refractivity contribution >= 4 is 0 Å². The molecule has 0 spiro atoms. The van der Waals surface area contributed by atoms with Gasteiger partial charge in [-0.05, 0) is 30.0 Å². The second kappa shape index (κ2) is 5.12. The fourth-order valence-electron chi connectivity index (χ4n) is 1.31. The molecule has 15 heavy (non-hydrogen) atoms. The van der Waals surface area contributed by atoms with E-state index >= 15 is 0 Å². The first kappa shape index (κ1) is 12.0.